The molecule has 2 aromatic heterocycles. The zero-order chi connectivity index (χ0) is 15.8. The van der Waals surface area contributed by atoms with Crippen LogP contribution in [0.2, 0.25) is 0 Å². The Morgan fingerprint density at radius 1 is 1.04 bits per heavy atom. The first-order valence-electron chi connectivity index (χ1n) is 8.02. The Bertz CT molecular complexity index is 832. The standard InChI is InChI=1S/C17H20N6/c1-12-6-8-22(9-7-12)16-15(18)17(20-10-19-16)23-11-21-13-4-2-3-5-14(13)23/h2-5,10-12H,6-9,18H2,1H3. The first kappa shape index (κ1) is 14.0. The number of piperidine rings is 1. The molecule has 1 fully saturated rings. The molecule has 0 amide bonds. The van der Waals surface area contributed by atoms with Gasteiger partial charge in [0.15, 0.2) is 11.6 Å². The quantitative estimate of drug-likeness (QED) is 0.788. The van der Waals surface area contributed by atoms with Crippen molar-refractivity contribution in [2.75, 3.05) is 23.7 Å². The Hall–Kier alpha value is -2.63. The van der Waals surface area contributed by atoms with E-state index < -0.39 is 0 Å². The summed E-state index contributed by atoms with van der Waals surface area (Å²) in [5, 5.41) is 0. The Labute approximate surface area is 135 Å². The lowest BCUT2D eigenvalue weighted by atomic mass is 9.99. The van der Waals surface area contributed by atoms with Crippen molar-refractivity contribution in [3.63, 3.8) is 0 Å². The van der Waals surface area contributed by atoms with E-state index in [2.05, 4.69) is 26.8 Å². The molecule has 1 saturated heterocycles. The summed E-state index contributed by atoms with van der Waals surface area (Å²) in [5.74, 6) is 2.30. The molecule has 6 nitrogen and oxygen atoms in total. The van der Waals surface area contributed by atoms with E-state index in [9.17, 15) is 0 Å². The van der Waals surface area contributed by atoms with E-state index in [1.807, 2.05) is 28.8 Å². The summed E-state index contributed by atoms with van der Waals surface area (Å²) in [6, 6.07) is 7.97. The number of aromatic nitrogens is 4. The number of imidazole rings is 1. The molecule has 1 aliphatic rings. The fraction of sp³-hybridized carbons (Fsp3) is 0.353. The topological polar surface area (TPSA) is 72.9 Å². The molecule has 0 spiro atoms. The maximum Gasteiger partial charge on any atom is 0.167 e. The number of hydrogen-bond acceptors (Lipinski definition) is 5. The lowest BCUT2D eigenvalue weighted by Gasteiger charge is -2.32. The molecular weight excluding hydrogens is 288 g/mol. The summed E-state index contributed by atoms with van der Waals surface area (Å²) >= 11 is 0. The molecule has 118 valence electrons. The van der Waals surface area contributed by atoms with Crippen molar-refractivity contribution in [1.82, 2.24) is 19.5 Å². The van der Waals surface area contributed by atoms with Crippen LogP contribution in [0.3, 0.4) is 0 Å². The smallest absolute Gasteiger partial charge is 0.167 e. The predicted octanol–water partition coefficient (Wildman–Crippen LogP) is 2.63. The molecule has 0 aliphatic carbocycles. The monoisotopic (exact) mass is 308 g/mol. The van der Waals surface area contributed by atoms with Crippen LogP contribution in [-0.4, -0.2) is 32.6 Å². The highest BCUT2D eigenvalue weighted by Gasteiger charge is 2.21. The van der Waals surface area contributed by atoms with Gasteiger partial charge in [-0.05, 0) is 30.9 Å². The van der Waals surface area contributed by atoms with Crippen molar-refractivity contribution < 1.29 is 0 Å². The van der Waals surface area contributed by atoms with Crippen molar-refractivity contribution in [1.29, 1.82) is 0 Å². The highest BCUT2D eigenvalue weighted by Crippen LogP contribution is 2.30. The van der Waals surface area contributed by atoms with Crippen LogP contribution in [-0.2, 0) is 0 Å². The normalized spacial score (nSPS) is 16.1. The third-order valence-electron chi connectivity index (χ3n) is 4.61. The van der Waals surface area contributed by atoms with Gasteiger partial charge in [-0.15, -0.1) is 0 Å². The van der Waals surface area contributed by atoms with Gasteiger partial charge in [0.25, 0.3) is 0 Å². The first-order chi connectivity index (χ1) is 11.2. The van der Waals surface area contributed by atoms with E-state index in [1.54, 1.807) is 12.7 Å². The Morgan fingerprint density at radius 2 is 1.78 bits per heavy atom. The van der Waals surface area contributed by atoms with Crippen LogP contribution in [0.25, 0.3) is 16.9 Å². The molecule has 0 unspecified atom stereocenters. The zero-order valence-electron chi connectivity index (χ0n) is 13.2. The van der Waals surface area contributed by atoms with Crippen LogP contribution in [0.5, 0.6) is 0 Å². The predicted molar refractivity (Wildman–Crippen MR) is 91.7 cm³/mol. The largest absolute Gasteiger partial charge is 0.393 e. The molecule has 0 bridgehead atoms. The maximum atomic E-state index is 6.42. The van der Waals surface area contributed by atoms with Crippen LogP contribution < -0.4 is 10.6 Å². The van der Waals surface area contributed by atoms with Gasteiger partial charge in [-0.25, -0.2) is 15.0 Å². The van der Waals surface area contributed by atoms with Gasteiger partial charge in [-0.2, -0.15) is 0 Å². The summed E-state index contributed by atoms with van der Waals surface area (Å²) < 4.78 is 1.93. The Balaban J connectivity index is 1.77. The second-order valence-corrected chi connectivity index (χ2v) is 6.21. The van der Waals surface area contributed by atoms with Gasteiger partial charge < -0.3 is 10.6 Å². The molecule has 3 heterocycles. The third-order valence-corrected chi connectivity index (χ3v) is 4.61. The van der Waals surface area contributed by atoms with E-state index in [0.717, 1.165) is 35.9 Å². The van der Waals surface area contributed by atoms with Crippen LogP contribution in [0.15, 0.2) is 36.9 Å². The number of nitrogen functional groups attached to an aromatic ring is 1. The molecule has 0 saturated carbocycles. The van der Waals surface area contributed by atoms with Gasteiger partial charge in [-0.3, -0.25) is 4.57 Å². The molecule has 1 aromatic carbocycles. The van der Waals surface area contributed by atoms with Gasteiger partial charge in [0, 0.05) is 13.1 Å². The van der Waals surface area contributed by atoms with E-state index in [0.29, 0.717) is 11.5 Å². The SMILES string of the molecule is CC1CCN(c2ncnc(-n3cnc4ccccc43)c2N)CC1. The fourth-order valence-electron chi connectivity index (χ4n) is 3.17. The Morgan fingerprint density at radius 3 is 2.61 bits per heavy atom. The average Bonchev–Trinajstić information content (AvgIpc) is 3.00. The number of para-hydroxylation sites is 2. The lowest BCUT2D eigenvalue weighted by molar-refractivity contribution is 0.437. The lowest BCUT2D eigenvalue weighted by Crippen LogP contribution is -2.34. The molecule has 6 heteroatoms. The second kappa shape index (κ2) is 5.53. The minimum atomic E-state index is 0.616. The summed E-state index contributed by atoms with van der Waals surface area (Å²) in [5.41, 5.74) is 8.96. The molecular formula is C17H20N6. The summed E-state index contributed by atoms with van der Waals surface area (Å²) in [4.78, 5) is 15.5. The van der Waals surface area contributed by atoms with Gasteiger partial charge in [-0.1, -0.05) is 19.1 Å². The highest BCUT2D eigenvalue weighted by molar-refractivity contribution is 5.80. The zero-order valence-corrected chi connectivity index (χ0v) is 13.2. The van der Waals surface area contributed by atoms with E-state index in [-0.39, 0.29) is 0 Å². The van der Waals surface area contributed by atoms with Gasteiger partial charge in [0.05, 0.1) is 11.0 Å². The van der Waals surface area contributed by atoms with Crippen molar-refractivity contribution in [2.24, 2.45) is 5.92 Å². The number of anilines is 2. The second-order valence-electron chi connectivity index (χ2n) is 6.21. The number of fused-ring (bicyclic) bond motifs is 1. The van der Waals surface area contributed by atoms with Crippen molar-refractivity contribution in [3.8, 4) is 5.82 Å². The minimum Gasteiger partial charge on any atom is -0.393 e. The summed E-state index contributed by atoms with van der Waals surface area (Å²) in [6.45, 7) is 4.28. The van der Waals surface area contributed by atoms with E-state index >= 15 is 0 Å². The average molecular weight is 308 g/mol. The summed E-state index contributed by atoms with van der Waals surface area (Å²) in [7, 11) is 0. The first-order valence-corrected chi connectivity index (χ1v) is 8.02. The number of hydrogen-bond donors (Lipinski definition) is 1. The van der Waals surface area contributed by atoms with E-state index in [4.69, 9.17) is 5.73 Å². The minimum absolute atomic E-state index is 0.616. The van der Waals surface area contributed by atoms with Crippen LogP contribution in [0.4, 0.5) is 11.5 Å². The van der Waals surface area contributed by atoms with Gasteiger partial charge in [0.2, 0.25) is 0 Å². The number of nitrogens with two attached hydrogens (primary N) is 1. The van der Waals surface area contributed by atoms with E-state index in [1.165, 1.54) is 12.8 Å². The molecule has 3 aromatic rings. The molecule has 23 heavy (non-hydrogen) atoms. The van der Waals surface area contributed by atoms with Crippen LogP contribution in [0, 0.1) is 5.92 Å². The van der Waals surface area contributed by atoms with Gasteiger partial charge in [0.1, 0.15) is 18.3 Å². The number of rotatable bonds is 2. The van der Waals surface area contributed by atoms with Crippen LogP contribution in [0.1, 0.15) is 19.8 Å². The molecule has 0 atom stereocenters. The summed E-state index contributed by atoms with van der Waals surface area (Å²) in [6.07, 6.45) is 5.71. The van der Waals surface area contributed by atoms with Crippen LogP contribution >= 0.6 is 0 Å². The van der Waals surface area contributed by atoms with Crippen molar-refractivity contribution in [2.45, 2.75) is 19.8 Å². The molecule has 2 N–H and O–H groups in total. The van der Waals surface area contributed by atoms with Gasteiger partial charge >= 0.3 is 0 Å². The molecule has 4 rings (SSSR count). The van der Waals surface area contributed by atoms with Crippen molar-refractivity contribution in [3.05, 3.63) is 36.9 Å². The number of benzene rings is 1. The Kier molecular flexibility index (Phi) is 3.37. The number of nitrogens with zero attached hydrogens (tertiary/aromatic N) is 5. The highest BCUT2D eigenvalue weighted by atomic mass is 15.2. The maximum absolute atomic E-state index is 6.42. The third kappa shape index (κ3) is 2.40. The molecule has 1 aliphatic heterocycles. The van der Waals surface area contributed by atoms with Crippen molar-refractivity contribution >= 4 is 22.5 Å². The fourth-order valence-corrected chi connectivity index (χ4v) is 3.17. The molecule has 0 radical (unpaired) electrons.